The highest BCUT2D eigenvalue weighted by Crippen LogP contribution is 2.21. The number of hydrogen-bond donors (Lipinski definition) is 1. The van der Waals surface area contributed by atoms with Crippen molar-refractivity contribution in [3.8, 4) is 0 Å². The Hall–Kier alpha value is -0.910. The summed E-state index contributed by atoms with van der Waals surface area (Å²) in [5.74, 6) is 0. The third kappa shape index (κ3) is 4.80. The largest absolute Gasteiger partial charge is 0.389 e. The summed E-state index contributed by atoms with van der Waals surface area (Å²) in [5, 5.41) is 9.50. The lowest BCUT2D eigenvalue weighted by Crippen LogP contribution is -2.37. The molecule has 0 bridgehead atoms. The van der Waals surface area contributed by atoms with Crippen LogP contribution in [0.1, 0.15) is 58.6 Å². The Kier molecular flexibility index (Phi) is 6.84. The Morgan fingerprint density at radius 1 is 1.10 bits per heavy atom. The summed E-state index contributed by atoms with van der Waals surface area (Å²) in [6.07, 6.45) is 2.38. The van der Waals surface area contributed by atoms with Crippen LogP contribution in [0.5, 0.6) is 0 Å². The van der Waals surface area contributed by atoms with E-state index in [0.29, 0.717) is 6.54 Å². The lowest BCUT2D eigenvalue weighted by atomic mass is 10.1. The zero-order chi connectivity index (χ0) is 16.0. The summed E-state index contributed by atoms with van der Waals surface area (Å²) < 4.78 is 27.0. The van der Waals surface area contributed by atoms with E-state index in [4.69, 9.17) is 0 Å². The van der Waals surface area contributed by atoms with E-state index < -0.39 is 16.1 Å². The molecule has 0 amide bonds. The van der Waals surface area contributed by atoms with E-state index >= 15 is 0 Å². The third-order valence-corrected chi connectivity index (χ3v) is 5.62. The summed E-state index contributed by atoms with van der Waals surface area (Å²) in [5.41, 5.74) is 0.719. The lowest BCUT2D eigenvalue weighted by Gasteiger charge is -2.26. The standard InChI is InChI=1S/C16H27NO3S/c1-5-6-7-12-17(13(2)3)21(19,20)16-10-8-15(9-11-16)14(4)18/h8-11,13-14,18H,5-7,12H2,1-4H3. The van der Waals surface area contributed by atoms with Crippen LogP contribution in [0.2, 0.25) is 0 Å². The quantitative estimate of drug-likeness (QED) is 0.749. The molecule has 0 aromatic heterocycles. The fourth-order valence-electron chi connectivity index (χ4n) is 2.23. The molecule has 0 radical (unpaired) electrons. The van der Waals surface area contributed by atoms with Crippen LogP contribution in [0.3, 0.4) is 0 Å². The van der Waals surface area contributed by atoms with Crippen molar-refractivity contribution in [3.05, 3.63) is 29.8 Å². The zero-order valence-corrected chi connectivity index (χ0v) is 14.2. The first-order valence-electron chi connectivity index (χ1n) is 7.60. The molecule has 0 saturated heterocycles. The summed E-state index contributed by atoms with van der Waals surface area (Å²) in [6.45, 7) is 8.10. The smallest absolute Gasteiger partial charge is 0.243 e. The van der Waals surface area contributed by atoms with E-state index in [9.17, 15) is 13.5 Å². The van der Waals surface area contributed by atoms with Crippen molar-refractivity contribution < 1.29 is 13.5 Å². The number of nitrogens with zero attached hydrogens (tertiary/aromatic N) is 1. The number of benzene rings is 1. The minimum Gasteiger partial charge on any atom is -0.389 e. The average molecular weight is 313 g/mol. The molecule has 21 heavy (non-hydrogen) atoms. The number of unbranched alkanes of at least 4 members (excludes halogenated alkanes) is 2. The Morgan fingerprint density at radius 3 is 2.10 bits per heavy atom. The fraction of sp³-hybridized carbons (Fsp3) is 0.625. The molecule has 5 heteroatoms. The van der Waals surface area contributed by atoms with Crippen LogP contribution in [0, 0.1) is 0 Å². The number of aliphatic hydroxyl groups excluding tert-OH is 1. The molecular weight excluding hydrogens is 286 g/mol. The number of sulfonamides is 1. The Labute approximate surface area is 128 Å². The molecule has 1 N–H and O–H groups in total. The minimum absolute atomic E-state index is 0.0664. The van der Waals surface area contributed by atoms with Crippen molar-refractivity contribution in [1.29, 1.82) is 0 Å². The van der Waals surface area contributed by atoms with E-state index in [1.54, 1.807) is 35.5 Å². The molecule has 1 aromatic rings. The van der Waals surface area contributed by atoms with Crippen LogP contribution in [-0.4, -0.2) is 30.4 Å². The SMILES string of the molecule is CCCCCN(C(C)C)S(=O)(=O)c1ccc(C(C)O)cc1. The highest BCUT2D eigenvalue weighted by Gasteiger charge is 2.26. The zero-order valence-electron chi connectivity index (χ0n) is 13.4. The molecule has 1 rings (SSSR count). The van der Waals surface area contributed by atoms with Crippen LogP contribution in [0.15, 0.2) is 29.2 Å². The molecule has 1 atom stereocenters. The lowest BCUT2D eigenvalue weighted by molar-refractivity contribution is 0.199. The molecule has 0 fully saturated rings. The molecule has 1 aromatic carbocycles. The van der Waals surface area contributed by atoms with Gasteiger partial charge in [-0.05, 0) is 44.9 Å². The predicted molar refractivity (Wildman–Crippen MR) is 85.6 cm³/mol. The molecule has 0 spiro atoms. The molecule has 0 aliphatic heterocycles. The van der Waals surface area contributed by atoms with Crippen molar-refractivity contribution in [2.75, 3.05) is 6.54 Å². The Bertz CT molecular complexity index is 521. The fourth-order valence-corrected chi connectivity index (χ4v) is 3.90. The monoisotopic (exact) mass is 313 g/mol. The van der Waals surface area contributed by atoms with Gasteiger partial charge in [0.05, 0.1) is 11.0 Å². The van der Waals surface area contributed by atoms with Gasteiger partial charge in [-0.25, -0.2) is 8.42 Å². The van der Waals surface area contributed by atoms with E-state index in [1.807, 2.05) is 13.8 Å². The van der Waals surface area contributed by atoms with Crippen molar-refractivity contribution in [2.24, 2.45) is 0 Å². The summed E-state index contributed by atoms with van der Waals surface area (Å²) in [4.78, 5) is 0.289. The van der Waals surface area contributed by atoms with Gasteiger partial charge >= 0.3 is 0 Å². The molecule has 0 saturated carbocycles. The van der Waals surface area contributed by atoms with Crippen molar-refractivity contribution in [3.63, 3.8) is 0 Å². The summed E-state index contributed by atoms with van der Waals surface area (Å²) in [6, 6.07) is 6.42. The molecule has 0 aliphatic carbocycles. The highest BCUT2D eigenvalue weighted by molar-refractivity contribution is 7.89. The Morgan fingerprint density at radius 2 is 1.67 bits per heavy atom. The Balaban J connectivity index is 2.99. The minimum atomic E-state index is -3.47. The first-order valence-corrected chi connectivity index (χ1v) is 9.04. The van der Waals surface area contributed by atoms with Gasteiger partial charge in [-0.1, -0.05) is 31.9 Å². The van der Waals surface area contributed by atoms with Crippen LogP contribution < -0.4 is 0 Å². The second-order valence-electron chi connectivity index (χ2n) is 5.66. The molecular formula is C16H27NO3S. The van der Waals surface area contributed by atoms with Gasteiger partial charge in [0.2, 0.25) is 10.0 Å². The third-order valence-electron chi connectivity index (χ3n) is 3.53. The second kappa shape index (κ2) is 7.92. The average Bonchev–Trinajstić information content (AvgIpc) is 2.43. The van der Waals surface area contributed by atoms with Crippen molar-refractivity contribution in [1.82, 2.24) is 4.31 Å². The maximum atomic E-state index is 12.7. The normalized spacial score (nSPS) is 13.9. The number of aliphatic hydroxyl groups is 1. The number of hydrogen-bond acceptors (Lipinski definition) is 3. The van der Waals surface area contributed by atoms with Crippen molar-refractivity contribution >= 4 is 10.0 Å². The van der Waals surface area contributed by atoms with Crippen LogP contribution in [-0.2, 0) is 10.0 Å². The van der Waals surface area contributed by atoms with Crippen LogP contribution in [0.4, 0.5) is 0 Å². The molecule has 120 valence electrons. The number of rotatable bonds is 8. The van der Waals surface area contributed by atoms with Gasteiger partial charge in [-0.2, -0.15) is 4.31 Å². The van der Waals surface area contributed by atoms with Crippen molar-refractivity contribution in [2.45, 2.75) is 64.0 Å². The van der Waals surface area contributed by atoms with Gasteiger partial charge in [-0.15, -0.1) is 0 Å². The summed E-state index contributed by atoms with van der Waals surface area (Å²) >= 11 is 0. The van der Waals surface area contributed by atoms with Crippen LogP contribution >= 0.6 is 0 Å². The van der Waals surface area contributed by atoms with Gasteiger partial charge in [0.1, 0.15) is 0 Å². The summed E-state index contributed by atoms with van der Waals surface area (Å²) in [7, 11) is -3.47. The van der Waals surface area contributed by atoms with E-state index in [-0.39, 0.29) is 10.9 Å². The maximum Gasteiger partial charge on any atom is 0.243 e. The first-order chi connectivity index (χ1) is 9.80. The van der Waals surface area contributed by atoms with E-state index in [0.717, 1.165) is 24.8 Å². The van der Waals surface area contributed by atoms with Gasteiger partial charge < -0.3 is 5.11 Å². The topological polar surface area (TPSA) is 57.6 Å². The van der Waals surface area contributed by atoms with Gasteiger partial charge in [0.25, 0.3) is 0 Å². The molecule has 1 unspecified atom stereocenters. The van der Waals surface area contributed by atoms with Gasteiger partial charge in [-0.3, -0.25) is 0 Å². The molecule has 0 aliphatic rings. The van der Waals surface area contributed by atoms with E-state index in [1.165, 1.54) is 0 Å². The van der Waals surface area contributed by atoms with E-state index in [2.05, 4.69) is 6.92 Å². The second-order valence-corrected chi connectivity index (χ2v) is 7.55. The first kappa shape index (κ1) is 18.1. The predicted octanol–water partition coefficient (Wildman–Crippen LogP) is 3.33. The maximum absolute atomic E-state index is 12.7. The highest BCUT2D eigenvalue weighted by atomic mass is 32.2. The van der Waals surface area contributed by atoms with Gasteiger partial charge in [0.15, 0.2) is 0 Å². The molecule has 4 nitrogen and oxygen atoms in total. The molecule has 0 heterocycles. The van der Waals surface area contributed by atoms with Gasteiger partial charge in [0, 0.05) is 12.6 Å². The van der Waals surface area contributed by atoms with Crippen LogP contribution in [0.25, 0.3) is 0 Å².